The Hall–Kier alpha value is -2.70. The molecule has 2 aliphatic heterocycles. The third-order valence-corrected chi connectivity index (χ3v) is 3.87. The third kappa shape index (κ3) is 2.38. The summed E-state index contributed by atoms with van der Waals surface area (Å²) >= 11 is 0. The van der Waals surface area contributed by atoms with Gasteiger partial charge in [0.15, 0.2) is 5.71 Å². The summed E-state index contributed by atoms with van der Waals surface area (Å²) in [7, 11) is 0. The molecule has 2 aliphatic rings. The van der Waals surface area contributed by atoms with Crippen molar-refractivity contribution in [3.8, 4) is 0 Å². The predicted molar refractivity (Wildman–Crippen MR) is 82.9 cm³/mol. The molecule has 0 aliphatic carbocycles. The number of imide groups is 1. The van der Waals surface area contributed by atoms with Crippen LogP contribution in [0.1, 0.15) is 18.1 Å². The Balaban J connectivity index is 1.95. The van der Waals surface area contributed by atoms with Crippen molar-refractivity contribution >= 4 is 29.2 Å². The van der Waals surface area contributed by atoms with E-state index in [1.807, 2.05) is 19.9 Å². The van der Waals surface area contributed by atoms with Gasteiger partial charge in [0.1, 0.15) is 12.0 Å². The van der Waals surface area contributed by atoms with Crippen molar-refractivity contribution in [2.45, 2.75) is 26.8 Å². The number of hydrogen-bond donors (Lipinski definition) is 1. The number of nitrogens with one attached hydrogen (secondary N) is 1. The number of carbonyl (C=O) groups is 3. The molecule has 1 aromatic rings. The fourth-order valence-electron chi connectivity index (χ4n) is 3.00. The molecule has 0 radical (unpaired) electrons. The van der Waals surface area contributed by atoms with E-state index in [9.17, 15) is 14.4 Å². The zero-order chi connectivity index (χ0) is 16.7. The average molecular weight is 315 g/mol. The zero-order valence-electron chi connectivity index (χ0n) is 13.1. The molecule has 2 amide bonds. The summed E-state index contributed by atoms with van der Waals surface area (Å²) in [6, 6.07) is 4.65. The van der Waals surface area contributed by atoms with Gasteiger partial charge >= 0.3 is 5.97 Å². The molecule has 7 heteroatoms. The summed E-state index contributed by atoms with van der Waals surface area (Å²) in [5.41, 5.74) is 4.96. The minimum Gasteiger partial charge on any atom is -0.461 e. The summed E-state index contributed by atoms with van der Waals surface area (Å²) in [5, 5.41) is 3.83. The van der Waals surface area contributed by atoms with E-state index in [2.05, 4.69) is 10.5 Å². The number of hydrogen-bond acceptors (Lipinski definition) is 6. The van der Waals surface area contributed by atoms with Crippen LogP contribution in [0.15, 0.2) is 23.3 Å². The highest BCUT2D eigenvalue weighted by molar-refractivity contribution is 6.46. The smallest absolute Gasteiger partial charge is 0.355 e. The fraction of sp³-hybridized carbons (Fsp3) is 0.375. The van der Waals surface area contributed by atoms with Crippen molar-refractivity contribution < 1.29 is 19.1 Å². The zero-order valence-corrected chi connectivity index (χ0v) is 13.1. The van der Waals surface area contributed by atoms with Gasteiger partial charge in [-0.15, -0.1) is 0 Å². The molecule has 2 atom stereocenters. The van der Waals surface area contributed by atoms with Crippen LogP contribution in [0, 0.1) is 19.8 Å². The molecule has 2 heterocycles. The van der Waals surface area contributed by atoms with Crippen molar-refractivity contribution in [3.05, 3.63) is 29.3 Å². The number of hydrazone groups is 1. The Labute approximate surface area is 133 Å². The number of ether oxygens (including phenoxy) is 1. The number of benzene rings is 1. The lowest BCUT2D eigenvalue weighted by Gasteiger charge is -2.17. The number of carbonyl (C=O) groups excluding carboxylic acids is 3. The van der Waals surface area contributed by atoms with Gasteiger partial charge in [-0.2, -0.15) is 5.10 Å². The topological polar surface area (TPSA) is 88.1 Å². The largest absolute Gasteiger partial charge is 0.461 e. The SMILES string of the molecule is CCOC(=O)C1=NN[C@@H]2C(=O)N(c3cc(C)cc(C)c3)C(=O)[C@@H]12. The highest BCUT2D eigenvalue weighted by Gasteiger charge is 2.55. The number of anilines is 1. The van der Waals surface area contributed by atoms with Crippen LogP contribution < -0.4 is 10.3 Å². The van der Waals surface area contributed by atoms with Gasteiger partial charge in [0, 0.05) is 0 Å². The maximum Gasteiger partial charge on any atom is 0.355 e. The molecule has 0 aromatic heterocycles. The summed E-state index contributed by atoms with van der Waals surface area (Å²) in [6.45, 7) is 5.64. The van der Waals surface area contributed by atoms with Crippen molar-refractivity contribution in [1.82, 2.24) is 5.43 Å². The Morgan fingerprint density at radius 3 is 2.48 bits per heavy atom. The molecule has 0 unspecified atom stereocenters. The standard InChI is InChI=1S/C16H17N3O4/c1-4-23-16(22)13-11-12(17-18-13)15(21)19(14(11)20)10-6-8(2)5-9(3)7-10/h5-7,11-12,17H,4H2,1-3H3/t11-,12+/m1/s1. The van der Waals surface area contributed by atoms with Gasteiger partial charge in [-0.25, -0.2) is 9.69 Å². The molecule has 0 spiro atoms. The lowest BCUT2D eigenvalue weighted by atomic mass is 9.99. The Morgan fingerprint density at radius 2 is 1.87 bits per heavy atom. The van der Waals surface area contributed by atoms with Crippen LogP contribution in [-0.2, 0) is 19.1 Å². The van der Waals surface area contributed by atoms with Crippen molar-refractivity contribution in [2.24, 2.45) is 11.0 Å². The van der Waals surface area contributed by atoms with Crippen LogP contribution in [-0.4, -0.2) is 36.1 Å². The molecule has 0 bridgehead atoms. The molecule has 7 nitrogen and oxygen atoms in total. The van der Waals surface area contributed by atoms with E-state index in [-0.39, 0.29) is 12.3 Å². The second kappa shape index (κ2) is 5.49. The van der Waals surface area contributed by atoms with Crippen LogP contribution in [0.2, 0.25) is 0 Å². The van der Waals surface area contributed by atoms with Crippen LogP contribution >= 0.6 is 0 Å². The third-order valence-electron chi connectivity index (χ3n) is 3.87. The van der Waals surface area contributed by atoms with Crippen LogP contribution in [0.3, 0.4) is 0 Å². The summed E-state index contributed by atoms with van der Waals surface area (Å²) in [6.07, 6.45) is 0. The lowest BCUT2D eigenvalue weighted by molar-refractivity contribution is -0.136. The van der Waals surface area contributed by atoms with Gasteiger partial charge in [-0.1, -0.05) is 6.07 Å². The van der Waals surface area contributed by atoms with Crippen molar-refractivity contribution in [2.75, 3.05) is 11.5 Å². The molecule has 1 fully saturated rings. The number of amides is 2. The first-order valence-electron chi connectivity index (χ1n) is 7.40. The molecule has 1 N–H and O–H groups in total. The number of esters is 1. The highest BCUT2D eigenvalue weighted by Crippen LogP contribution is 2.31. The lowest BCUT2D eigenvalue weighted by Crippen LogP contribution is -2.36. The highest BCUT2D eigenvalue weighted by atomic mass is 16.5. The number of fused-ring (bicyclic) bond motifs is 1. The number of nitrogens with zero attached hydrogens (tertiary/aromatic N) is 2. The molecule has 1 saturated heterocycles. The normalized spacial score (nSPS) is 22.7. The van der Waals surface area contributed by atoms with E-state index in [4.69, 9.17) is 4.74 Å². The number of aryl methyl sites for hydroxylation is 2. The maximum atomic E-state index is 12.7. The molecule has 23 heavy (non-hydrogen) atoms. The molecular formula is C16H17N3O4. The van der Waals surface area contributed by atoms with E-state index in [1.165, 1.54) is 0 Å². The summed E-state index contributed by atoms with van der Waals surface area (Å²) in [5.74, 6) is -2.46. The molecule has 120 valence electrons. The van der Waals surface area contributed by atoms with Gasteiger partial charge in [0.05, 0.1) is 12.3 Å². The van der Waals surface area contributed by atoms with Gasteiger partial charge in [-0.3, -0.25) is 15.0 Å². The predicted octanol–water partition coefficient (Wildman–Crippen LogP) is 0.684. The molecular weight excluding hydrogens is 298 g/mol. The van der Waals surface area contributed by atoms with Gasteiger partial charge in [0.2, 0.25) is 5.91 Å². The van der Waals surface area contributed by atoms with E-state index < -0.39 is 29.7 Å². The van der Waals surface area contributed by atoms with E-state index >= 15 is 0 Å². The van der Waals surface area contributed by atoms with E-state index in [1.54, 1.807) is 19.1 Å². The quantitative estimate of drug-likeness (QED) is 0.655. The van der Waals surface area contributed by atoms with Crippen LogP contribution in [0.4, 0.5) is 5.69 Å². The Bertz CT molecular complexity index is 721. The first-order chi connectivity index (χ1) is 10.9. The van der Waals surface area contributed by atoms with Crippen molar-refractivity contribution in [3.63, 3.8) is 0 Å². The van der Waals surface area contributed by atoms with E-state index in [0.717, 1.165) is 16.0 Å². The minimum atomic E-state index is -0.928. The average Bonchev–Trinajstić information content (AvgIpc) is 2.99. The fourth-order valence-corrected chi connectivity index (χ4v) is 3.00. The van der Waals surface area contributed by atoms with Crippen LogP contribution in [0.5, 0.6) is 0 Å². The number of rotatable bonds is 3. The first-order valence-corrected chi connectivity index (χ1v) is 7.40. The van der Waals surface area contributed by atoms with Gasteiger partial charge in [0.25, 0.3) is 5.91 Å². The first kappa shape index (κ1) is 15.2. The Morgan fingerprint density at radius 1 is 1.22 bits per heavy atom. The molecule has 1 aromatic carbocycles. The minimum absolute atomic E-state index is 0.0397. The van der Waals surface area contributed by atoms with Gasteiger partial charge in [-0.05, 0) is 44.0 Å². The second-order valence-electron chi connectivity index (χ2n) is 5.66. The van der Waals surface area contributed by atoms with Crippen molar-refractivity contribution in [1.29, 1.82) is 0 Å². The summed E-state index contributed by atoms with van der Waals surface area (Å²) in [4.78, 5) is 38.3. The maximum absolute atomic E-state index is 12.7. The Kier molecular flexibility index (Phi) is 3.63. The second-order valence-corrected chi connectivity index (χ2v) is 5.66. The molecule has 3 rings (SSSR count). The van der Waals surface area contributed by atoms with Crippen LogP contribution in [0.25, 0.3) is 0 Å². The van der Waals surface area contributed by atoms with E-state index in [0.29, 0.717) is 5.69 Å². The molecule has 0 saturated carbocycles. The monoisotopic (exact) mass is 315 g/mol. The van der Waals surface area contributed by atoms with Gasteiger partial charge < -0.3 is 4.74 Å². The summed E-state index contributed by atoms with van der Waals surface area (Å²) < 4.78 is 4.90.